The van der Waals surface area contributed by atoms with Crippen molar-refractivity contribution in [2.45, 2.75) is 6.92 Å². The number of amides is 1. The van der Waals surface area contributed by atoms with Gasteiger partial charge in [0.15, 0.2) is 0 Å². The maximum atomic E-state index is 12.1. The highest BCUT2D eigenvalue weighted by Gasteiger charge is 2.13. The molecule has 0 spiro atoms. The van der Waals surface area contributed by atoms with Gasteiger partial charge in [0, 0.05) is 24.5 Å². The minimum atomic E-state index is -0.0630. The van der Waals surface area contributed by atoms with Gasteiger partial charge >= 0.3 is 0 Å². The van der Waals surface area contributed by atoms with E-state index in [1.165, 1.54) is 12.1 Å². The second-order valence-electron chi connectivity index (χ2n) is 3.73. The average Bonchev–Trinajstić information content (AvgIpc) is 2.39. The lowest BCUT2D eigenvalue weighted by Crippen LogP contribution is -2.33. The van der Waals surface area contributed by atoms with Crippen LogP contribution in [0, 0.1) is 0 Å². The molecule has 0 atom stereocenters. The smallest absolute Gasteiger partial charge is 0.253 e. The van der Waals surface area contributed by atoms with E-state index in [4.69, 9.17) is 16.3 Å². The monoisotopic (exact) mass is 271 g/mol. The number of hydrogen-bond acceptors (Lipinski definition) is 3. The Hall–Kier alpha value is -1.26. The molecule has 0 radical (unpaired) electrons. The standard InChI is InChI=1S/C13H18ClNO3/c1-2-15(8-10-18-9-7-14)13(17)11-3-5-12(16)6-4-11/h3-6,16H,2,7-10H2,1H3. The van der Waals surface area contributed by atoms with E-state index in [1.54, 1.807) is 17.0 Å². The van der Waals surface area contributed by atoms with Crippen LogP contribution >= 0.6 is 11.6 Å². The van der Waals surface area contributed by atoms with E-state index in [2.05, 4.69) is 0 Å². The number of alkyl halides is 1. The molecule has 0 bridgehead atoms. The van der Waals surface area contributed by atoms with Crippen molar-refractivity contribution in [3.05, 3.63) is 29.8 Å². The van der Waals surface area contributed by atoms with Gasteiger partial charge in [-0.05, 0) is 31.2 Å². The van der Waals surface area contributed by atoms with Gasteiger partial charge in [-0.25, -0.2) is 0 Å². The summed E-state index contributed by atoms with van der Waals surface area (Å²) in [5, 5.41) is 9.18. The third-order valence-corrected chi connectivity index (χ3v) is 2.66. The van der Waals surface area contributed by atoms with Crippen molar-refractivity contribution in [3.63, 3.8) is 0 Å². The Labute approximate surface area is 112 Å². The highest BCUT2D eigenvalue weighted by molar-refractivity contribution is 6.17. The van der Waals surface area contributed by atoms with Gasteiger partial charge in [-0.15, -0.1) is 11.6 Å². The SMILES string of the molecule is CCN(CCOCCCl)C(=O)c1ccc(O)cc1. The van der Waals surface area contributed by atoms with Gasteiger partial charge < -0.3 is 14.7 Å². The summed E-state index contributed by atoms with van der Waals surface area (Å²) < 4.78 is 5.25. The molecule has 0 saturated carbocycles. The summed E-state index contributed by atoms with van der Waals surface area (Å²) in [6.45, 7) is 4.04. The number of carbonyl (C=O) groups excluding carboxylic acids is 1. The van der Waals surface area contributed by atoms with E-state index >= 15 is 0 Å². The van der Waals surface area contributed by atoms with Crippen LogP contribution in [0.4, 0.5) is 0 Å². The van der Waals surface area contributed by atoms with Crippen molar-refractivity contribution in [1.82, 2.24) is 4.90 Å². The van der Waals surface area contributed by atoms with E-state index in [0.29, 0.717) is 37.7 Å². The zero-order valence-electron chi connectivity index (χ0n) is 10.4. The number of aromatic hydroxyl groups is 1. The Morgan fingerprint density at radius 1 is 1.33 bits per heavy atom. The summed E-state index contributed by atoms with van der Waals surface area (Å²) in [5.74, 6) is 0.546. The number of carbonyl (C=O) groups is 1. The number of likely N-dealkylation sites (N-methyl/N-ethyl adjacent to an activating group) is 1. The second-order valence-corrected chi connectivity index (χ2v) is 4.11. The van der Waals surface area contributed by atoms with Crippen LogP contribution in [0.5, 0.6) is 5.75 Å². The first-order valence-electron chi connectivity index (χ1n) is 5.91. The number of hydrogen-bond donors (Lipinski definition) is 1. The Morgan fingerprint density at radius 2 is 2.00 bits per heavy atom. The molecule has 0 unspecified atom stereocenters. The van der Waals surface area contributed by atoms with Gasteiger partial charge in [-0.1, -0.05) is 0 Å². The van der Waals surface area contributed by atoms with Crippen molar-refractivity contribution in [1.29, 1.82) is 0 Å². The van der Waals surface area contributed by atoms with Crippen LogP contribution in [0.2, 0.25) is 0 Å². The highest BCUT2D eigenvalue weighted by Crippen LogP contribution is 2.11. The normalized spacial score (nSPS) is 10.3. The molecule has 1 aromatic rings. The lowest BCUT2D eigenvalue weighted by molar-refractivity contribution is 0.0671. The molecule has 1 aromatic carbocycles. The van der Waals surface area contributed by atoms with Crippen molar-refractivity contribution in [3.8, 4) is 5.75 Å². The lowest BCUT2D eigenvalue weighted by atomic mass is 10.2. The van der Waals surface area contributed by atoms with E-state index in [-0.39, 0.29) is 11.7 Å². The van der Waals surface area contributed by atoms with Crippen molar-refractivity contribution >= 4 is 17.5 Å². The van der Waals surface area contributed by atoms with Crippen LogP contribution in [-0.2, 0) is 4.74 Å². The fourth-order valence-corrected chi connectivity index (χ4v) is 1.63. The first kappa shape index (κ1) is 14.8. The van der Waals surface area contributed by atoms with Crippen LogP contribution in [0.3, 0.4) is 0 Å². The highest BCUT2D eigenvalue weighted by atomic mass is 35.5. The Morgan fingerprint density at radius 3 is 2.56 bits per heavy atom. The molecular weight excluding hydrogens is 254 g/mol. The molecule has 4 nitrogen and oxygen atoms in total. The molecule has 18 heavy (non-hydrogen) atoms. The molecule has 1 amide bonds. The number of phenols is 1. The van der Waals surface area contributed by atoms with Gasteiger partial charge in [0.05, 0.1) is 13.2 Å². The molecule has 100 valence electrons. The third kappa shape index (κ3) is 4.55. The minimum absolute atomic E-state index is 0.0630. The molecule has 0 heterocycles. The van der Waals surface area contributed by atoms with Gasteiger partial charge in [-0.3, -0.25) is 4.79 Å². The van der Waals surface area contributed by atoms with E-state index in [0.717, 1.165) is 0 Å². The Bertz CT molecular complexity index is 367. The molecule has 0 aliphatic heterocycles. The Balaban J connectivity index is 2.53. The second kappa shape index (κ2) is 7.95. The first-order chi connectivity index (χ1) is 8.69. The number of ether oxygens (including phenoxy) is 1. The number of benzene rings is 1. The fraction of sp³-hybridized carbons (Fsp3) is 0.462. The summed E-state index contributed by atoms with van der Waals surface area (Å²) in [6.07, 6.45) is 0. The summed E-state index contributed by atoms with van der Waals surface area (Å²) in [5.41, 5.74) is 0.562. The van der Waals surface area contributed by atoms with Gasteiger partial charge in [0.1, 0.15) is 5.75 Å². The summed E-state index contributed by atoms with van der Waals surface area (Å²) in [7, 11) is 0. The van der Waals surface area contributed by atoms with E-state index in [1.807, 2.05) is 6.92 Å². The molecule has 0 saturated heterocycles. The Kier molecular flexibility index (Phi) is 6.54. The first-order valence-corrected chi connectivity index (χ1v) is 6.44. The van der Waals surface area contributed by atoms with Crippen molar-refractivity contribution in [2.75, 3.05) is 32.2 Å². The molecule has 0 aliphatic carbocycles. The van der Waals surface area contributed by atoms with Crippen LogP contribution < -0.4 is 0 Å². The van der Waals surface area contributed by atoms with Crippen molar-refractivity contribution < 1.29 is 14.6 Å². The fourth-order valence-electron chi connectivity index (χ4n) is 1.52. The summed E-state index contributed by atoms with van der Waals surface area (Å²) in [4.78, 5) is 13.8. The molecular formula is C13H18ClNO3. The molecule has 1 rings (SSSR count). The summed E-state index contributed by atoms with van der Waals surface area (Å²) >= 11 is 5.49. The largest absolute Gasteiger partial charge is 0.508 e. The molecule has 5 heteroatoms. The van der Waals surface area contributed by atoms with Crippen LogP contribution in [0.25, 0.3) is 0 Å². The number of rotatable bonds is 7. The van der Waals surface area contributed by atoms with E-state index in [9.17, 15) is 9.90 Å². The number of phenolic OH excluding ortho intramolecular Hbond substituents is 1. The van der Waals surface area contributed by atoms with Crippen LogP contribution in [-0.4, -0.2) is 48.1 Å². The van der Waals surface area contributed by atoms with Gasteiger partial charge in [-0.2, -0.15) is 0 Å². The van der Waals surface area contributed by atoms with E-state index < -0.39 is 0 Å². The predicted octanol–water partition coefficient (Wildman–Crippen LogP) is 2.11. The molecule has 0 aromatic heterocycles. The zero-order chi connectivity index (χ0) is 13.4. The average molecular weight is 272 g/mol. The quantitative estimate of drug-likeness (QED) is 0.610. The van der Waals surface area contributed by atoms with Gasteiger partial charge in [0.25, 0.3) is 5.91 Å². The van der Waals surface area contributed by atoms with Crippen LogP contribution in [0.1, 0.15) is 17.3 Å². The maximum Gasteiger partial charge on any atom is 0.253 e. The van der Waals surface area contributed by atoms with Crippen LogP contribution in [0.15, 0.2) is 24.3 Å². The molecule has 1 N–H and O–H groups in total. The zero-order valence-corrected chi connectivity index (χ0v) is 11.2. The lowest BCUT2D eigenvalue weighted by Gasteiger charge is -2.20. The number of halogens is 1. The van der Waals surface area contributed by atoms with Gasteiger partial charge in [0.2, 0.25) is 0 Å². The molecule has 0 aliphatic rings. The maximum absolute atomic E-state index is 12.1. The topological polar surface area (TPSA) is 49.8 Å². The number of nitrogens with zero attached hydrogens (tertiary/aromatic N) is 1. The molecule has 0 fully saturated rings. The summed E-state index contributed by atoms with van der Waals surface area (Å²) in [6, 6.07) is 6.23. The van der Waals surface area contributed by atoms with Crippen molar-refractivity contribution in [2.24, 2.45) is 0 Å². The third-order valence-electron chi connectivity index (χ3n) is 2.51. The minimum Gasteiger partial charge on any atom is -0.508 e. The predicted molar refractivity (Wildman–Crippen MR) is 71.2 cm³/mol.